The van der Waals surface area contributed by atoms with Gasteiger partial charge >= 0.3 is 5.97 Å². The highest BCUT2D eigenvalue weighted by molar-refractivity contribution is 5.90. The number of ether oxygens (including phenoxy) is 2. The van der Waals surface area contributed by atoms with Crippen molar-refractivity contribution < 1.29 is 14.3 Å². The van der Waals surface area contributed by atoms with Crippen molar-refractivity contribution in [1.29, 1.82) is 0 Å². The predicted octanol–water partition coefficient (Wildman–Crippen LogP) is 6.13. The number of methoxy groups -OCH3 is 1. The molecule has 0 spiro atoms. The van der Waals surface area contributed by atoms with Gasteiger partial charge in [0, 0.05) is 18.7 Å². The number of carbonyl (C=O) groups excluding carboxylic acids is 1. The molecule has 174 valence electrons. The number of carbonyl (C=O) groups is 1. The molecule has 4 rings (SSSR count). The van der Waals surface area contributed by atoms with Crippen LogP contribution in [-0.2, 0) is 16.1 Å². The van der Waals surface area contributed by atoms with E-state index >= 15 is 0 Å². The molecule has 0 amide bonds. The molecule has 1 heterocycles. The zero-order chi connectivity index (χ0) is 22.9. The van der Waals surface area contributed by atoms with Crippen molar-refractivity contribution in [2.24, 2.45) is 17.3 Å². The summed E-state index contributed by atoms with van der Waals surface area (Å²) < 4.78 is 11.7. The molecule has 2 aliphatic rings. The van der Waals surface area contributed by atoms with Crippen LogP contribution in [0.2, 0.25) is 0 Å². The van der Waals surface area contributed by atoms with E-state index in [9.17, 15) is 4.79 Å². The third-order valence-corrected chi connectivity index (χ3v) is 7.70. The summed E-state index contributed by atoms with van der Waals surface area (Å²) in [4.78, 5) is 14.4. The smallest absolute Gasteiger partial charge is 0.310 e. The van der Waals surface area contributed by atoms with Gasteiger partial charge in [-0.15, -0.1) is 0 Å². The molecule has 32 heavy (non-hydrogen) atoms. The Kier molecular flexibility index (Phi) is 6.80. The maximum atomic E-state index is 12.0. The molecule has 0 bridgehead atoms. The minimum absolute atomic E-state index is 0.0197. The summed E-state index contributed by atoms with van der Waals surface area (Å²) >= 11 is 0. The van der Waals surface area contributed by atoms with Gasteiger partial charge in [0.15, 0.2) is 0 Å². The second-order valence-electron chi connectivity index (χ2n) is 10.9. The number of esters is 1. The molecule has 4 heteroatoms. The van der Waals surface area contributed by atoms with Crippen LogP contribution in [-0.4, -0.2) is 37.2 Å². The van der Waals surface area contributed by atoms with Crippen molar-refractivity contribution in [1.82, 2.24) is 4.90 Å². The monoisotopic (exact) mass is 437 g/mol. The Morgan fingerprint density at radius 2 is 1.75 bits per heavy atom. The molecular weight excluding hydrogens is 398 g/mol. The average molecular weight is 438 g/mol. The van der Waals surface area contributed by atoms with Crippen LogP contribution in [0.25, 0.3) is 10.8 Å². The predicted molar refractivity (Wildman–Crippen MR) is 130 cm³/mol. The number of rotatable bonds is 5. The fourth-order valence-electron chi connectivity index (χ4n) is 5.64. The number of fused-ring (bicyclic) bond motifs is 1. The van der Waals surface area contributed by atoms with Gasteiger partial charge in [-0.2, -0.15) is 0 Å². The largest absolute Gasteiger partial charge is 0.490 e. The second kappa shape index (κ2) is 9.43. The number of hydrogen-bond acceptors (Lipinski definition) is 4. The molecule has 1 unspecified atom stereocenters. The summed E-state index contributed by atoms with van der Waals surface area (Å²) in [5, 5.41) is 2.56. The Balaban J connectivity index is 1.57. The fraction of sp³-hybridized carbons (Fsp3) is 0.607. The van der Waals surface area contributed by atoms with Gasteiger partial charge in [0.2, 0.25) is 0 Å². The zero-order valence-electron chi connectivity index (χ0n) is 20.4. The van der Waals surface area contributed by atoms with Crippen LogP contribution in [0, 0.1) is 24.2 Å². The lowest BCUT2D eigenvalue weighted by molar-refractivity contribution is -0.144. The molecule has 0 aromatic heterocycles. The van der Waals surface area contributed by atoms with Crippen molar-refractivity contribution in [3.05, 3.63) is 41.5 Å². The van der Waals surface area contributed by atoms with E-state index < -0.39 is 0 Å². The Labute approximate surface area is 193 Å². The Hall–Kier alpha value is -2.07. The molecule has 0 radical (unpaired) electrons. The quantitative estimate of drug-likeness (QED) is 0.528. The first-order valence-corrected chi connectivity index (χ1v) is 12.2. The summed E-state index contributed by atoms with van der Waals surface area (Å²) in [6, 6.07) is 10.9. The van der Waals surface area contributed by atoms with E-state index in [-0.39, 0.29) is 18.0 Å². The van der Waals surface area contributed by atoms with Crippen LogP contribution in [0.5, 0.6) is 5.75 Å². The topological polar surface area (TPSA) is 38.8 Å². The fourth-order valence-corrected chi connectivity index (χ4v) is 5.64. The lowest BCUT2D eigenvalue weighted by Gasteiger charge is -2.37. The van der Waals surface area contributed by atoms with Crippen molar-refractivity contribution in [2.75, 3.05) is 20.2 Å². The van der Waals surface area contributed by atoms with Crippen LogP contribution >= 0.6 is 0 Å². The Morgan fingerprint density at radius 1 is 1.06 bits per heavy atom. The molecule has 1 aliphatic heterocycles. The van der Waals surface area contributed by atoms with Gasteiger partial charge in [-0.25, -0.2) is 0 Å². The molecule has 2 aromatic rings. The molecule has 0 N–H and O–H groups in total. The van der Waals surface area contributed by atoms with Crippen LogP contribution in [0.15, 0.2) is 30.3 Å². The molecule has 2 aromatic carbocycles. The number of nitrogens with zero attached hydrogens (tertiary/aromatic N) is 1. The van der Waals surface area contributed by atoms with E-state index in [1.165, 1.54) is 41.9 Å². The van der Waals surface area contributed by atoms with Gasteiger partial charge in [0.1, 0.15) is 5.75 Å². The molecule has 2 fully saturated rings. The third-order valence-electron chi connectivity index (χ3n) is 7.70. The first-order chi connectivity index (χ1) is 15.3. The van der Waals surface area contributed by atoms with Crippen molar-refractivity contribution in [3.63, 3.8) is 0 Å². The van der Waals surface area contributed by atoms with Gasteiger partial charge < -0.3 is 9.47 Å². The highest BCUT2D eigenvalue weighted by Gasteiger charge is 2.32. The number of aryl methyl sites for hydroxylation is 1. The van der Waals surface area contributed by atoms with E-state index in [4.69, 9.17) is 9.47 Å². The van der Waals surface area contributed by atoms with E-state index in [1.54, 1.807) is 0 Å². The van der Waals surface area contributed by atoms with Gasteiger partial charge in [-0.3, -0.25) is 9.69 Å². The minimum atomic E-state index is -0.0895. The lowest BCUT2D eigenvalue weighted by atomic mass is 9.72. The van der Waals surface area contributed by atoms with Gasteiger partial charge in [0.25, 0.3) is 0 Å². The maximum Gasteiger partial charge on any atom is 0.310 e. The molecular formula is C28H39NO3. The maximum absolute atomic E-state index is 12.0. The van der Waals surface area contributed by atoms with Crippen molar-refractivity contribution in [3.8, 4) is 5.75 Å². The minimum Gasteiger partial charge on any atom is -0.490 e. The molecule has 1 atom stereocenters. The Bertz CT molecular complexity index is 953. The average Bonchev–Trinajstić information content (AvgIpc) is 3.24. The molecule has 4 nitrogen and oxygen atoms in total. The van der Waals surface area contributed by atoms with Crippen LogP contribution < -0.4 is 4.74 Å². The Morgan fingerprint density at radius 3 is 2.41 bits per heavy atom. The molecule has 1 saturated heterocycles. The van der Waals surface area contributed by atoms with Crippen LogP contribution in [0.3, 0.4) is 0 Å². The summed E-state index contributed by atoms with van der Waals surface area (Å²) in [6.07, 6.45) is 5.88. The van der Waals surface area contributed by atoms with Gasteiger partial charge in [0.05, 0.1) is 19.1 Å². The van der Waals surface area contributed by atoms with E-state index in [0.29, 0.717) is 5.41 Å². The van der Waals surface area contributed by atoms with Crippen molar-refractivity contribution in [2.45, 2.75) is 72.4 Å². The first-order valence-electron chi connectivity index (χ1n) is 12.2. The van der Waals surface area contributed by atoms with E-state index in [1.807, 2.05) is 0 Å². The summed E-state index contributed by atoms with van der Waals surface area (Å²) in [7, 11) is 1.48. The van der Waals surface area contributed by atoms with E-state index in [0.717, 1.165) is 50.6 Å². The van der Waals surface area contributed by atoms with Crippen molar-refractivity contribution >= 4 is 16.7 Å². The lowest BCUT2D eigenvalue weighted by Crippen LogP contribution is -2.31. The number of hydrogen-bond donors (Lipinski definition) is 0. The van der Waals surface area contributed by atoms with Gasteiger partial charge in [-0.1, -0.05) is 45.0 Å². The first kappa shape index (κ1) is 23.1. The van der Waals surface area contributed by atoms with E-state index in [2.05, 4.69) is 62.9 Å². The van der Waals surface area contributed by atoms with Crippen LogP contribution in [0.1, 0.15) is 64.0 Å². The normalized spacial score (nSPS) is 24.6. The van der Waals surface area contributed by atoms with Crippen LogP contribution in [0.4, 0.5) is 0 Å². The highest BCUT2D eigenvalue weighted by atomic mass is 16.5. The second-order valence-corrected chi connectivity index (χ2v) is 10.9. The van der Waals surface area contributed by atoms with Gasteiger partial charge in [-0.05, 0) is 79.3 Å². The third kappa shape index (κ3) is 4.96. The molecule has 1 saturated carbocycles. The number of benzene rings is 2. The zero-order valence-corrected chi connectivity index (χ0v) is 20.4. The SMILES string of the molecule is COC(=O)C1CCN(Cc2c(O[C@H]3CC[C@H](C(C)(C)C)CC3)cc(C)c3ccccc23)C1. The standard InChI is InChI=1S/C28H39NO3/c1-19-16-26(32-22-12-10-21(11-13-22)28(2,3)4)25(24-9-7-6-8-23(19)24)18-29-15-14-20(17-29)27(30)31-5/h6-9,16,20-22H,10-15,17-18H2,1-5H3/t20?,21-,22-. The molecule has 1 aliphatic carbocycles. The summed E-state index contributed by atoms with van der Waals surface area (Å²) in [5.74, 6) is 1.70. The number of likely N-dealkylation sites (tertiary alicyclic amines) is 1. The highest BCUT2D eigenvalue weighted by Crippen LogP contribution is 2.40. The summed E-state index contributed by atoms with van der Waals surface area (Å²) in [5.41, 5.74) is 2.90. The summed E-state index contributed by atoms with van der Waals surface area (Å²) in [6.45, 7) is 11.7.